The third-order valence-corrected chi connectivity index (χ3v) is 2.83. The number of carbonyl (C=O) groups is 1. The monoisotopic (exact) mass is 245 g/mol. The van der Waals surface area contributed by atoms with Gasteiger partial charge in [0.05, 0.1) is 12.1 Å². The van der Waals surface area contributed by atoms with E-state index in [-0.39, 0.29) is 17.7 Å². The van der Waals surface area contributed by atoms with Crippen molar-refractivity contribution in [1.82, 2.24) is 4.40 Å². The zero-order valence-electron chi connectivity index (χ0n) is 10.5. The van der Waals surface area contributed by atoms with Crippen LogP contribution in [0.4, 0.5) is 0 Å². The van der Waals surface area contributed by atoms with Gasteiger partial charge in [-0.2, -0.15) is 0 Å². The predicted octanol–water partition coefficient (Wildman–Crippen LogP) is 2.04. The van der Waals surface area contributed by atoms with Gasteiger partial charge in [0.1, 0.15) is 5.56 Å². The maximum absolute atomic E-state index is 12.2. The SMILES string of the molecule is CCOC(=O)c1cc(CC)c2ccccn2c1=O. The molecule has 4 nitrogen and oxygen atoms in total. The summed E-state index contributed by atoms with van der Waals surface area (Å²) in [5, 5.41) is 0. The molecule has 18 heavy (non-hydrogen) atoms. The summed E-state index contributed by atoms with van der Waals surface area (Å²) in [7, 11) is 0. The smallest absolute Gasteiger partial charge is 0.343 e. The summed E-state index contributed by atoms with van der Waals surface area (Å²) in [6.07, 6.45) is 2.42. The first-order valence-electron chi connectivity index (χ1n) is 5.99. The van der Waals surface area contributed by atoms with Gasteiger partial charge in [-0.3, -0.25) is 9.20 Å². The molecule has 0 aliphatic rings. The first-order chi connectivity index (χ1) is 8.69. The molecule has 0 radical (unpaired) electrons. The number of pyridine rings is 2. The van der Waals surface area contributed by atoms with Crippen molar-refractivity contribution in [1.29, 1.82) is 0 Å². The Balaban J connectivity index is 2.73. The number of carbonyl (C=O) groups excluding carboxylic acids is 1. The number of ether oxygens (including phenoxy) is 1. The van der Waals surface area contributed by atoms with Gasteiger partial charge >= 0.3 is 5.97 Å². The zero-order chi connectivity index (χ0) is 13.1. The molecule has 0 N–H and O–H groups in total. The van der Waals surface area contributed by atoms with Crippen molar-refractivity contribution in [3.8, 4) is 0 Å². The minimum absolute atomic E-state index is 0.0948. The predicted molar refractivity (Wildman–Crippen MR) is 69.0 cm³/mol. The van der Waals surface area contributed by atoms with Crippen LogP contribution in [-0.2, 0) is 11.2 Å². The van der Waals surface area contributed by atoms with E-state index < -0.39 is 5.97 Å². The lowest BCUT2D eigenvalue weighted by Crippen LogP contribution is -2.24. The molecule has 0 amide bonds. The minimum Gasteiger partial charge on any atom is -0.462 e. The highest BCUT2D eigenvalue weighted by atomic mass is 16.5. The average Bonchev–Trinajstić information content (AvgIpc) is 2.40. The van der Waals surface area contributed by atoms with Crippen molar-refractivity contribution in [2.75, 3.05) is 6.61 Å². The van der Waals surface area contributed by atoms with Gasteiger partial charge in [0, 0.05) is 6.20 Å². The molecule has 2 aromatic heterocycles. The van der Waals surface area contributed by atoms with Crippen molar-refractivity contribution in [3.05, 3.63) is 51.9 Å². The second-order valence-corrected chi connectivity index (χ2v) is 3.92. The number of esters is 1. The van der Waals surface area contributed by atoms with Gasteiger partial charge in [-0.15, -0.1) is 0 Å². The van der Waals surface area contributed by atoms with Gasteiger partial charge in [0.2, 0.25) is 0 Å². The Morgan fingerprint density at radius 1 is 1.33 bits per heavy atom. The summed E-state index contributed by atoms with van der Waals surface area (Å²) in [6, 6.07) is 7.14. The van der Waals surface area contributed by atoms with Crippen LogP contribution in [0, 0.1) is 0 Å². The first kappa shape index (κ1) is 12.4. The van der Waals surface area contributed by atoms with Crippen LogP contribution in [0.3, 0.4) is 0 Å². The summed E-state index contributed by atoms with van der Waals surface area (Å²) in [5.74, 6) is -0.560. The second kappa shape index (κ2) is 5.04. The topological polar surface area (TPSA) is 47.8 Å². The molecule has 0 aliphatic heterocycles. The van der Waals surface area contributed by atoms with E-state index in [1.807, 2.05) is 19.1 Å². The maximum Gasteiger partial charge on any atom is 0.343 e. The number of hydrogen-bond donors (Lipinski definition) is 0. The Labute approximate surface area is 105 Å². The fourth-order valence-electron chi connectivity index (χ4n) is 1.96. The lowest BCUT2D eigenvalue weighted by molar-refractivity contribution is 0.0524. The van der Waals surface area contributed by atoms with Gasteiger partial charge in [-0.1, -0.05) is 13.0 Å². The van der Waals surface area contributed by atoms with E-state index in [1.165, 1.54) is 4.40 Å². The molecule has 4 heteroatoms. The maximum atomic E-state index is 12.2. The fraction of sp³-hybridized carbons (Fsp3) is 0.286. The lowest BCUT2D eigenvalue weighted by atomic mass is 10.1. The molecular weight excluding hydrogens is 230 g/mol. The summed E-state index contributed by atoms with van der Waals surface area (Å²) in [4.78, 5) is 23.9. The van der Waals surface area contributed by atoms with Gasteiger partial charge in [-0.25, -0.2) is 4.79 Å². The Hall–Kier alpha value is -2.10. The molecule has 0 saturated carbocycles. The van der Waals surface area contributed by atoms with E-state index in [1.54, 1.807) is 25.3 Å². The Morgan fingerprint density at radius 2 is 2.11 bits per heavy atom. The van der Waals surface area contributed by atoms with Crippen molar-refractivity contribution in [2.24, 2.45) is 0 Å². The van der Waals surface area contributed by atoms with E-state index >= 15 is 0 Å². The first-order valence-corrected chi connectivity index (χ1v) is 5.99. The molecule has 2 aromatic rings. The second-order valence-electron chi connectivity index (χ2n) is 3.92. The summed E-state index contributed by atoms with van der Waals surface area (Å²) >= 11 is 0. The van der Waals surface area contributed by atoms with Crippen LogP contribution < -0.4 is 5.56 Å². The minimum atomic E-state index is -0.560. The van der Waals surface area contributed by atoms with Crippen LogP contribution in [-0.4, -0.2) is 17.0 Å². The average molecular weight is 245 g/mol. The molecule has 2 rings (SSSR count). The summed E-state index contributed by atoms with van der Waals surface area (Å²) < 4.78 is 6.40. The molecule has 0 aliphatic carbocycles. The van der Waals surface area contributed by atoms with E-state index in [9.17, 15) is 9.59 Å². The lowest BCUT2D eigenvalue weighted by Gasteiger charge is -2.08. The van der Waals surface area contributed by atoms with Crippen LogP contribution in [0.25, 0.3) is 5.52 Å². The highest BCUT2D eigenvalue weighted by molar-refractivity contribution is 5.90. The van der Waals surface area contributed by atoms with Gasteiger partial charge in [-0.05, 0) is 37.1 Å². The number of aromatic nitrogens is 1. The van der Waals surface area contributed by atoms with Gasteiger partial charge in [0.25, 0.3) is 5.56 Å². The summed E-state index contributed by atoms with van der Waals surface area (Å²) in [6.45, 7) is 3.97. The third-order valence-electron chi connectivity index (χ3n) is 2.83. The van der Waals surface area contributed by atoms with Crippen LogP contribution in [0.5, 0.6) is 0 Å². The van der Waals surface area contributed by atoms with Crippen LogP contribution in [0.2, 0.25) is 0 Å². The number of aryl methyl sites for hydroxylation is 1. The molecule has 0 spiro atoms. The largest absolute Gasteiger partial charge is 0.462 e. The standard InChI is InChI=1S/C14H15NO3/c1-3-10-9-11(14(17)18-4-2)13(16)15-8-6-5-7-12(10)15/h5-9H,3-4H2,1-2H3. The summed E-state index contributed by atoms with van der Waals surface area (Å²) in [5.41, 5.74) is 1.55. The van der Waals surface area contributed by atoms with Crippen LogP contribution in [0.1, 0.15) is 29.8 Å². The molecule has 0 unspecified atom stereocenters. The fourth-order valence-corrected chi connectivity index (χ4v) is 1.96. The van der Waals surface area contributed by atoms with Gasteiger partial charge in [0.15, 0.2) is 0 Å². The van der Waals surface area contributed by atoms with Crippen molar-refractivity contribution in [2.45, 2.75) is 20.3 Å². The van der Waals surface area contributed by atoms with Crippen molar-refractivity contribution in [3.63, 3.8) is 0 Å². The quantitative estimate of drug-likeness (QED) is 0.777. The van der Waals surface area contributed by atoms with Crippen molar-refractivity contribution >= 4 is 11.5 Å². The molecule has 94 valence electrons. The van der Waals surface area contributed by atoms with E-state index in [4.69, 9.17) is 4.74 Å². The van der Waals surface area contributed by atoms with E-state index in [0.717, 1.165) is 17.5 Å². The van der Waals surface area contributed by atoms with Crippen molar-refractivity contribution < 1.29 is 9.53 Å². The Kier molecular flexibility index (Phi) is 3.46. The van der Waals surface area contributed by atoms with Crippen LogP contribution >= 0.6 is 0 Å². The molecule has 0 fully saturated rings. The normalized spacial score (nSPS) is 10.6. The van der Waals surface area contributed by atoms with E-state index in [2.05, 4.69) is 0 Å². The molecule has 0 bridgehead atoms. The number of fused-ring (bicyclic) bond motifs is 1. The van der Waals surface area contributed by atoms with E-state index in [0.29, 0.717) is 0 Å². The highest BCUT2D eigenvalue weighted by Crippen LogP contribution is 2.12. The number of hydrogen-bond acceptors (Lipinski definition) is 3. The Bertz CT molecular complexity index is 643. The molecule has 0 aromatic carbocycles. The number of nitrogens with zero attached hydrogens (tertiary/aromatic N) is 1. The molecule has 2 heterocycles. The zero-order valence-corrected chi connectivity index (χ0v) is 10.5. The molecule has 0 saturated heterocycles. The van der Waals surface area contributed by atoms with Crippen LogP contribution in [0.15, 0.2) is 35.3 Å². The Morgan fingerprint density at radius 3 is 2.78 bits per heavy atom. The number of rotatable bonds is 3. The van der Waals surface area contributed by atoms with Gasteiger partial charge < -0.3 is 4.74 Å². The highest BCUT2D eigenvalue weighted by Gasteiger charge is 2.15. The third kappa shape index (κ3) is 2.01. The molecule has 0 atom stereocenters. The molecular formula is C14H15NO3.